The molecule has 27 heavy (non-hydrogen) atoms. The number of carbonyl (C=O) groups is 1. The Morgan fingerprint density at radius 1 is 1.26 bits per heavy atom. The van der Waals surface area contributed by atoms with E-state index in [1.807, 2.05) is 0 Å². The number of nitrogens with one attached hydrogen (secondary N) is 1. The molecule has 1 aliphatic rings. The van der Waals surface area contributed by atoms with E-state index in [9.17, 15) is 17.6 Å². The summed E-state index contributed by atoms with van der Waals surface area (Å²) in [5.74, 6) is -0.588. The summed E-state index contributed by atoms with van der Waals surface area (Å²) in [5.41, 5.74) is 0.362. The number of sulfonamides is 1. The van der Waals surface area contributed by atoms with Gasteiger partial charge in [-0.05, 0) is 55.3 Å². The second kappa shape index (κ2) is 7.84. The molecule has 2 aromatic rings. The number of nitrogens with zero attached hydrogens (tertiary/aromatic N) is 1. The summed E-state index contributed by atoms with van der Waals surface area (Å²) in [7, 11) is -2.46. The number of amides is 1. The molecule has 1 aliphatic heterocycles. The molecule has 1 N–H and O–H groups in total. The van der Waals surface area contributed by atoms with E-state index in [1.54, 1.807) is 12.1 Å². The van der Waals surface area contributed by atoms with Gasteiger partial charge in [0.05, 0.1) is 17.7 Å². The van der Waals surface area contributed by atoms with E-state index in [2.05, 4.69) is 5.32 Å². The van der Waals surface area contributed by atoms with Gasteiger partial charge in [0.1, 0.15) is 17.6 Å². The van der Waals surface area contributed by atoms with Crippen molar-refractivity contribution in [3.63, 3.8) is 0 Å². The molecule has 0 aliphatic carbocycles. The van der Waals surface area contributed by atoms with Crippen LogP contribution in [0.25, 0.3) is 0 Å². The number of anilines is 1. The smallest absolute Gasteiger partial charge is 0.243 e. The number of rotatable bonds is 5. The van der Waals surface area contributed by atoms with Crippen LogP contribution in [0.4, 0.5) is 10.1 Å². The number of ether oxygens (including phenoxy) is 1. The van der Waals surface area contributed by atoms with Gasteiger partial charge in [0.15, 0.2) is 0 Å². The first kappa shape index (κ1) is 19.6. The fourth-order valence-electron chi connectivity index (χ4n) is 3.03. The first-order chi connectivity index (χ1) is 12.8. The molecule has 1 heterocycles. The van der Waals surface area contributed by atoms with Crippen molar-refractivity contribution in [1.29, 1.82) is 0 Å². The van der Waals surface area contributed by atoms with E-state index < -0.39 is 27.8 Å². The van der Waals surface area contributed by atoms with Crippen molar-refractivity contribution in [3.8, 4) is 5.75 Å². The number of benzene rings is 2. The minimum absolute atomic E-state index is 0.0519. The van der Waals surface area contributed by atoms with Crippen LogP contribution in [0.5, 0.6) is 5.75 Å². The molecule has 144 valence electrons. The molecule has 0 spiro atoms. The summed E-state index contributed by atoms with van der Waals surface area (Å²) in [6.45, 7) is 0.213. The van der Waals surface area contributed by atoms with E-state index in [0.29, 0.717) is 29.3 Å². The molecule has 1 saturated heterocycles. The summed E-state index contributed by atoms with van der Waals surface area (Å²) in [4.78, 5) is 12.7. The van der Waals surface area contributed by atoms with Crippen LogP contribution >= 0.6 is 11.6 Å². The maximum Gasteiger partial charge on any atom is 0.243 e. The Balaban J connectivity index is 1.85. The molecule has 1 atom stereocenters. The van der Waals surface area contributed by atoms with Crippen LogP contribution in [0, 0.1) is 5.82 Å². The topological polar surface area (TPSA) is 75.7 Å². The van der Waals surface area contributed by atoms with Gasteiger partial charge in [-0.3, -0.25) is 4.79 Å². The maximum atomic E-state index is 13.1. The highest BCUT2D eigenvalue weighted by Crippen LogP contribution is 2.30. The second-order valence-electron chi connectivity index (χ2n) is 6.06. The Kier molecular flexibility index (Phi) is 5.69. The Bertz CT molecular complexity index is 950. The molecule has 0 unspecified atom stereocenters. The Morgan fingerprint density at radius 2 is 1.96 bits per heavy atom. The zero-order valence-electron chi connectivity index (χ0n) is 14.5. The Morgan fingerprint density at radius 3 is 2.63 bits per heavy atom. The quantitative estimate of drug-likeness (QED) is 0.817. The van der Waals surface area contributed by atoms with Gasteiger partial charge < -0.3 is 10.1 Å². The summed E-state index contributed by atoms with van der Waals surface area (Å²) in [5, 5.41) is 3.10. The molecule has 6 nitrogen and oxygen atoms in total. The molecule has 9 heteroatoms. The predicted octanol–water partition coefficient (Wildman–Crippen LogP) is 3.28. The van der Waals surface area contributed by atoms with Crippen molar-refractivity contribution in [1.82, 2.24) is 4.31 Å². The van der Waals surface area contributed by atoms with E-state index in [4.69, 9.17) is 16.3 Å². The lowest BCUT2D eigenvalue weighted by Gasteiger charge is -2.23. The third kappa shape index (κ3) is 4.07. The third-order valence-corrected chi connectivity index (χ3v) is 6.50. The lowest BCUT2D eigenvalue weighted by Crippen LogP contribution is -2.43. The van der Waals surface area contributed by atoms with E-state index >= 15 is 0 Å². The summed E-state index contributed by atoms with van der Waals surface area (Å²) < 4.78 is 45.2. The van der Waals surface area contributed by atoms with E-state index in [-0.39, 0.29) is 11.4 Å². The van der Waals surface area contributed by atoms with Gasteiger partial charge in [0, 0.05) is 11.6 Å². The van der Waals surface area contributed by atoms with Gasteiger partial charge in [-0.1, -0.05) is 11.6 Å². The van der Waals surface area contributed by atoms with E-state index in [0.717, 1.165) is 16.4 Å². The Hall–Kier alpha value is -2.16. The van der Waals surface area contributed by atoms with Crippen LogP contribution < -0.4 is 10.1 Å². The highest BCUT2D eigenvalue weighted by atomic mass is 35.5. The standard InChI is InChI=1S/C18H18ClFN2O4S/c1-26-17-9-4-12(19)11-15(17)21-18(23)16-3-2-10-22(16)27(24,25)14-7-5-13(20)6-8-14/h4-9,11,16H,2-3,10H2,1H3,(H,21,23)/t16-/m0/s1. The van der Waals surface area contributed by atoms with Crippen LogP contribution in [0.1, 0.15) is 12.8 Å². The van der Waals surface area contributed by atoms with Crippen molar-refractivity contribution in [2.75, 3.05) is 19.0 Å². The second-order valence-corrected chi connectivity index (χ2v) is 8.39. The number of hydrogen-bond acceptors (Lipinski definition) is 4. The average Bonchev–Trinajstić information content (AvgIpc) is 3.13. The van der Waals surface area contributed by atoms with Crippen LogP contribution in [0.15, 0.2) is 47.4 Å². The molecule has 0 aromatic heterocycles. The molecule has 2 aromatic carbocycles. The third-order valence-electron chi connectivity index (χ3n) is 4.35. The lowest BCUT2D eigenvalue weighted by molar-refractivity contribution is -0.119. The monoisotopic (exact) mass is 412 g/mol. The first-order valence-electron chi connectivity index (χ1n) is 8.25. The number of hydrogen-bond donors (Lipinski definition) is 1. The predicted molar refractivity (Wildman–Crippen MR) is 99.9 cm³/mol. The zero-order chi connectivity index (χ0) is 19.6. The van der Waals surface area contributed by atoms with Crippen molar-refractivity contribution in [2.45, 2.75) is 23.8 Å². The van der Waals surface area contributed by atoms with Gasteiger partial charge in [0.25, 0.3) is 0 Å². The number of halogens is 2. The molecular formula is C18H18ClFN2O4S. The summed E-state index contributed by atoms with van der Waals surface area (Å²) in [6, 6.07) is 8.44. The van der Waals surface area contributed by atoms with Crippen molar-refractivity contribution < 1.29 is 22.3 Å². The minimum atomic E-state index is -3.92. The minimum Gasteiger partial charge on any atom is -0.495 e. The largest absolute Gasteiger partial charge is 0.495 e. The van der Waals surface area contributed by atoms with Crippen molar-refractivity contribution in [2.24, 2.45) is 0 Å². The number of methoxy groups -OCH3 is 1. The fraction of sp³-hybridized carbons (Fsp3) is 0.278. The fourth-order valence-corrected chi connectivity index (χ4v) is 4.85. The van der Waals surface area contributed by atoms with E-state index in [1.165, 1.54) is 25.3 Å². The van der Waals surface area contributed by atoms with Crippen LogP contribution in [-0.2, 0) is 14.8 Å². The first-order valence-corrected chi connectivity index (χ1v) is 10.1. The lowest BCUT2D eigenvalue weighted by atomic mass is 10.2. The zero-order valence-corrected chi connectivity index (χ0v) is 16.1. The maximum absolute atomic E-state index is 13.1. The Labute approximate surface area is 161 Å². The molecule has 1 amide bonds. The van der Waals surface area contributed by atoms with Crippen LogP contribution in [0.2, 0.25) is 5.02 Å². The highest BCUT2D eigenvalue weighted by Gasteiger charge is 2.39. The van der Waals surface area contributed by atoms with Gasteiger partial charge in [0.2, 0.25) is 15.9 Å². The molecule has 0 radical (unpaired) electrons. The van der Waals surface area contributed by atoms with Gasteiger partial charge in [-0.25, -0.2) is 12.8 Å². The van der Waals surface area contributed by atoms with Gasteiger partial charge in [-0.2, -0.15) is 4.31 Å². The van der Waals surface area contributed by atoms with Gasteiger partial charge >= 0.3 is 0 Å². The molecular weight excluding hydrogens is 395 g/mol. The SMILES string of the molecule is COc1ccc(Cl)cc1NC(=O)[C@@H]1CCCN1S(=O)(=O)c1ccc(F)cc1. The molecule has 3 rings (SSSR count). The normalized spacial score (nSPS) is 17.7. The van der Waals surface area contributed by atoms with Gasteiger partial charge in [-0.15, -0.1) is 0 Å². The molecule has 0 bridgehead atoms. The molecule has 1 fully saturated rings. The highest BCUT2D eigenvalue weighted by molar-refractivity contribution is 7.89. The van der Waals surface area contributed by atoms with Crippen molar-refractivity contribution in [3.05, 3.63) is 53.3 Å². The molecule has 0 saturated carbocycles. The summed E-state index contributed by atoms with van der Waals surface area (Å²) >= 11 is 5.97. The van der Waals surface area contributed by atoms with Crippen LogP contribution in [0.3, 0.4) is 0 Å². The summed E-state index contributed by atoms with van der Waals surface area (Å²) in [6.07, 6.45) is 0.931. The number of carbonyl (C=O) groups excluding carboxylic acids is 1. The van der Waals surface area contributed by atoms with Crippen molar-refractivity contribution >= 4 is 33.2 Å². The average molecular weight is 413 g/mol. The van der Waals surface area contributed by atoms with Crippen LogP contribution in [-0.4, -0.2) is 38.3 Å².